The van der Waals surface area contributed by atoms with Crippen molar-refractivity contribution in [3.8, 4) is 16.2 Å². The quantitative estimate of drug-likeness (QED) is 0.547. The molecule has 1 aromatic heterocycles. The molecule has 0 aliphatic heterocycles. The summed E-state index contributed by atoms with van der Waals surface area (Å²) in [4.78, 5) is 6.60. The summed E-state index contributed by atoms with van der Waals surface area (Å²) in [7, 11) is 0.354. The minimum atomic E-state index is -1.28. The van der Waals surface area contributed by atoms with Crippen LogP contribution in [0, 0.1) is 12.8 Å². The molecule has 0 radical (unpaired) electrons. The summed E-state index contributed by atoms with van der Waals surface area (Å²) >= 11 is 1.69. The Kier molecular flexibility index (Phi) is 7.44. The maximum Gasteiger partial charge on any atom is 0.183 e. The maximum absolute atomic E-state index is 13.0. The van der Waals surface area contributed by atoms with Gasteiger partial charge in [0.05, 0.1) is 22.6 Å². The van der Waals surface area contributed by atoms with Crippen LogP contribution in [0.3, 0.4) is 0 Å². The number of aryl methyl sites for hydroxylation is 1. The Labute approximate surface area is 186 Å². The Morgan fingerprint density at radius 2 is 1.87 bits per heavy atom. The van der Waals surface area contributed by atoms with Crippen LogP contribution >= 0.6 is 11.3 Å². The second-order valence-corrected chi connectivity index (χ2v) is 10.8. The summed E-state index contributed by atoms with van der Waals surface area (Å²) < 4.78 is 21.8. The third-order valence-corrected chi connectivity index (χ3v) is 8.75. The fraction of sp³-hybridized carbons (Fsp3) is 0.609. The highest BCUT2D eigenvalue weighted by Gasteiger charge is 2.21. The summed E-state index contributed by atoms with van der Waals surface area (Å²) in [6.45, 7) is 3.06. The molecule has 2 saturated carbocycles. The largest absolute Gasteiger partial charge is 0.495 e. The topological polar surface area (TPSA) is 63.2 Å². The van der Waals surface area contributed by atoms with Gasteiger partial charge in [0.25, 0.3) is 0 Å². The zero-order chi connectivity index (χ0) is 20.9. The minimum Gasteiger partial charge on any atom is -0.495 e. The van der Waals surface area contributed by atoms with Gasteiger partial charge in [-0.25, -0.2) is 13.9 Å². The first kappa shape index (κ1) is 21.8. The number of aromatic nitrogens is 1. The lowest BCUT2D eigenvalue weighted by Crippen LogP contribution is -2.28. The van der Waals surface area contributed by atoms with Crippen molar-refractivity contribution >= 4 is 27.5 Å². The van der Waals surface area contributed by atoms with Gasteiger partial charge in [0, 0.05) is 12.6 Å². The molecule has 30 heavy (non-hydrogen) atoms. The Morgan fingerprint density at radius 1 is 1.13 bits per heavy atom. The van der Waals surface area contributed by atoms with E-state index in [1.807, 2.05) is 18.2 Å². The SMILES string of the molecule is COc1ccc(-c2sc(NCC3CCCCC3)nc2C)cc1S(=O)NC1CCCC1. The molecule has 0 saturated heterocycles. The fourth-order valence-electron chi connectivity index (χ4n) is 4.58. The molecule has 4 rings (SSSR count). The lowest BCUT2D eigenvalue weighted by Gasteiger charge is -2.21. The van der Waals surface area contributed by atoms with E-state index in [2.05, 4.69) is 17.0 Å². The monoisotopic (exact) mass is 447 g/mol. The van der Waals surface area contributed by atoms with Crippen LogP contribution in [0.2, 0.25) is 0 Å². The smallest absolute Gasteiger partial charge is 0.183 e. The fourth-order valence-corrected chi connectivity index (χ4v) is 6.79. The van der Waals surface area contributed by atoms with Crippen LogP contribution in [-0.4, -0.2) is 28.9 Å². The number of hydrogen-bond acceptors (Lipinski definition) is 5. The van der Waals surface area contributed by atoms with E-state index >= 15 is 0 Å². The van der Waals surface area contributed by atoms with Gasteiger partial charge in [-0.2, -0.15) is 0 Å². The standard InChI is InChI=1S/C23H33N3O2S2/c1-16-22(29-23(25-16)24-15-17-8-4-3-5-9-17)18-12-13-20(28-2)21(14-18)30(27)26-19-10-6-7-11-19/h12-14,17,19,26H,3-11,15H2,1-2H3,(H,24,25). The first-order valence-electron chi connectivity index (χ1n) is 11.2. The highest BCUT2D eigenvalue weighted by molar-refractivity contribution is 7.83. The first-order valence-corrected chi connectivity index (χ1v) is 13.2. The summed E-state index contributed by atoms with van der Waals surface area (Å²) in [5.41, 5.74) is 2.06. The highest BCUT2D eigenvalue weighted by atomic mass is 32.2. The van der Waals surface area contributed by atoms with E-state index in [0.29, 0.717) is 16.7 Å². The molecule has 0 spiro atoms. The van der Waals surface area contributed by atoms with E-state index in [1.54, 1.807) is 18.4 Å². The van der Waals surface area contributed by atoms with E-state index in [0.717, 1.165) is 46.6 Å². The van der Waals surface area contributed by atoms with Crippen molar-refractivity contribution in [3.63, 3.8) is 0 Å². The van der Waals surface area contributed by atoms with Crippen molar-refractivity contribution in [3.05, 3.63) is 23.9 Å². The number of thiazole rings is 1. The van der Waals surface area contributed by atoms with Crippen molar-refractivity contribution in [2.45, 2.75) is 75.6 Å². The molecule has 2 aliphatic carbocycles. The Hall–Kier alpha value is -1.44. The van der Waals surface area contributed by atoms with Crippen LogP contribution in [0.5, 0.6) is 5.75 Å². The van der Waals surface area contributed by atoms with Crippen molar-refractivity contribution in [2.24, 2.45) is 5.92 Å². The van der Waals surface area contributed by atoms with Gasteiger partial charge in [-0.1, -0.05) is 43.4 Å². The molecular weight excluding hydrogens is 414 g/mol. The molecule has 1 aromatic carbocycles. The zero-order valence-corrected chi connectivity index (χ0v) is 19.7. The molecule has 0 bridgehead atoms. The first-order chi connectivity index (χ1) is 14.6. The van der Waals surface area contributed by atoms with Crippen LogP contribution in [0.1, 0.15) is 63.5 Å². The second-order valence-electron chi connectivity index (χ2n) is 8.55. The van der Waals surface area contributed by atoms with Crippen LogP contribution in [0.4, 0.5) is 5.13 Å². The number of hydrogen-bond donors (Lipinski definition) is 2. The Balaban J connectivity index is 1.50. The number of rotatable bonds is 8. The Morgan fingerprint density at radius 3 is 2.60 bits per heavy atom. The summed E-state index contributed by atoms with van der Waals surface area (Å²) in [5, 5.41) is 4.55. The molecule has 1 heterocycles. The molecule has 2 N–H and O–H groups in total. The van der Waals surface area contributed by atoms with Crippen LogP contribution in [0.15, 0.2) is 23.1 Å². The van der Waals surface area contributed by atoms with Crippen molar-refractivity contribution in [1.82, 2.24) is 9.71 Å². The third kappa shape index (κ3) is 5.24. The van der Waals surface area contributed by atoms with E-state index in [9.17, 15) is 4.21 Å². The van der Waals surface area contributed by atoms with Crippen molar-refractivity contribution < 1.29 is 8.95 Å². The average molecular weight is 448 g/mol. The van der Waals surface area contributed by atoms with E-state index < -0.39 is 11.0 Å². The van der Waals surface area contributed by atoms with Gasteiger partial charge in [0.2, 0.25) is 0 Å². The molecule has 1 unspecified atom stereocenters. The van der Waals surface area contributed by atoms with E-state index in [4.69, 9.17) is 9.72 Å². The summed E-state index contributed by atoms with van der Waals surface area (Å²) in [6, 6.07) is 6.30. The average Bonchev–Trinajstić information content (AvgIpc) is 3.42. The second kappa shape index (κ2) is 10.2. The predicted molar refractivity (Wildman–Crippen MR) is 126 cm³/mol. The number of ether oxygens (including phenoxy) is 1. The molecule has 1 atom stereocenters. The van der Waals surface area contributed by atoms with E-state index in [1.165, 1.54) is 44.9 Å². The molecule has 0 amide bonds. The number of anilines is 1. The van der Waals surface area contributed by atoms with Gasteiger partial charge in [-0.15, -0.1) is 0 Å². The molecule has 2 aromatic rings. The van der Waals surface area contributed by atoms with Gasteiger partial charge < -0.3 is 10.1 Å². The van der Waals surface area contributed by atoms with Crippen LogP contribution in [0.25, 0.3) is 10.4 Å². The maximum atomic E-state index is 13.0. The number of nitrogens with one attached hydrogen (secondary N) is 2. The number of nitrogens with zero attached hydrogens (tertiary/aromatic N) is 1. The lowest BCUT2D eigenvalue weighted by atomic mass is 9.89. The third-order valence-electron chi connectivity index (χ3n) is 6.32. The van der Waals surface area contributed by atoms with Crippen molar-refractivity contribution in [1.29, 1.82) is 0 Å². The minimum absolute atomic E-state index is 0.333. The van der Waals surface area contributed by atoms with Gasteiger partial charge in [-0.3, -0.25) is 0 Å². The lowest BCUT2D eigenvalue weighted by molar-refractivity contribution is 0.373. The zero-order valence-electron chi connectivity index (χ0n) is 18.0. The van der Waals surface area contributed by atoms with E-state index in [-0.39, 0.29) is 0 Å². The van der Waals surface area contributed by atoms with Gasteiger partial charge in [-0.05, 0) is 62.3 Å². The molecule has 2 aliphatic rings. The summed E-state index contributed by atoms with van der Waals surface area (Å²) in [5.74, 6) is 1.43. The molecule has 5 nitrogen and oxygen atoms in total. The molecule has 164 valence electrons. The number of methoxy groups -OCH3 is 1. The van der Waals surface area contributed by atoms with Gasteiger partial charge in [0.1, 0.15) is 16.7 Å². The van der Waals surface area contributed by atoms with Gasteiger partial charge >= 0.3 is 0 Å². The predicted octanol–water partition coefficient (Wildman–Crippen LogP) is 5.67. The summed E-state index contributed by atoms with van der Waals surface area (Å²) in [6.07, 6.45) is 11.4. The molecular formula is C23H33N3O2S2. The number of benzene rings is 1. The normalized spacial score (nSPS) is 19.1. The van der Waals surface area contributed by atoms with Crippen LogP contribution in [-0.2, 0) is 11.0 Å². The van der Waals surface area contributed by atoms with Crippen molar-refractivity contribution in [2.75, 3.05) is 19.0 Å². The highest BCUT2D eigenvalue weighted by Crippen LogP contribution is 2.36. The molecule has 2 fully saturated rings. The van der Waals surface area contributed by atoms with Gasteiger partial charge in [0.15, 0.2) is 5.13 Å². The Bertz CT molecular complexity index is 871. The van der Waals surface area contributed by atoms with Crippen LogP contribution < -0.4 is 14.8 Å². The molecule has 7 heteroatoms.